The standard InChI is InChI=1S/C10H7F2NS2/c11-6-1-2-9(12)8(3-6)10-13-7(4-14)5-15-10/h1-3,5,14H,4H2. The zero-order valence-corrected chi connectivity index (χ0v) is 9.29. The predicted molar refractivity (Wildman–Crippen MR) is 60.2 cm³/mol. The Balaban J connectivity index is 2.48. The summed E-state index contributed by atoms with van der Waals surface area (Å²) in [6.07, 6.45) is 0. The SMILES string of the molecule is Fc1ccc(F)c(-c2nc(CS)cs2)c1. The average Bonchev–Trinajstić information content (AvgIpc) is 2.70. The van der Waals surface area contributed by atoms with Crippen molar-refractivity contribution < 1.29 is 8.78 Å². The number of benzene rings is 1. The molecule has 0 radical (unpaired) electrons. The van der Waals surface area contributed by atoms with Gasteiger partial charge in [-0.2, -0.15) is 12.6 Å². The van der Waals surface area contributed by atoms with Crippen molar-refractivity contribution in [2.75, 3.05) is 0 Å². The third kappa shape index (κ3) is 2.18. The fraction of sp³-hybridized carbons (Fsp3) is 0.100. The quantitative estimate of drug-likeness (QED) is 0.796. The smallest absolute Gasteiger partial charge is 0.133 e. The monoisotopic (exact) mass is 243 g/mol. The van der Waals surface area contributed by atoms with Crippen molar-refractivity contribution in [3.8, 4) is 10.6 Å². The van der Waals surface area contributed by atoms with Gasteiger partial charge in [0, 0.05) is 16.7 Å². The lowest BCUT2D eigenvalue weighted by atomic mass is 10.2. The summed E-state index contributed by atoms with van der Waals surface area (Å²) < 4.78 is 26.3. The van der Waals surface area contributed by atoms with Gasteiger partial charge < -0.3 is 0 Å². The second-order valence-corrected chi connectivity index (χ2v) is 4.10. The molecular weight excluding hydrogens is 236 g/mol. The van der Waals surface area contributed by atoms with E-state index >= 15 is 0 Å². The zero-order valence-electron chi connectivity index (χ0n) is 7.58. The van der Waals surface area contributed by atoms with E-state index in [0.717, 1.165) is 23.9 Å². The van der Waals surface area contributed by atoms with Crippen LogP contribution in [0.3, 0.4) is 0 Å². The second-order valence-electron chi connectivity index (χ2n) is 2.93. The molecule has 0 aliphatic rings. The molecule has 0 N–H and O–H groups in total. The Labute approximate surface area is 95.2 Å². The zero-order chi connectivity index (χ0) is 10.8. The highest BCUT2D eigenvalue weighted by atomic mass is 32.1. The van der Waals surface area contributed by atoms with Gasteiger partial charge in [0.1, 0.15) is 16.6 Å². The van der Waals surface area contributed by atoms with Gasteiger partial charge in [0.2, 0.25) is 0 Å². The summed E-state index contributed by atoms with van der Waals surface area (Å²) >= 11 is 5.34. The van der Waals surface area contributed by atoms with Crippen molar-refractivity contribution in [3.05, 3.63) is 40.9 Å². The number of rotatable bonds is 2. The molecule has 0 aliphatic heterocycles. The van der Waals surface area contributed by atoms with Crippen molar-refractivity contribution in [1.29, 1.82) is 0 Å². The van der Waals surface area contributed by atoms with E-state index in [-0.39, 0.29) is 5.56 Å². The number of nitrogens with zero attached hydrogens (tertiary/aromatic N) is 1. The largest absolute Gasteiger partial charge is 0.240 e. The topological polar surface area (TPSA) is 12.9 Å². The van der Waals surface area contributed by atoms with E-state index in [4.69, 9.17) is 0 Å². The van der Waals surface area contributed by atoms with Crippen LogP contribution in [0.5, 0.6) is 0 Å². The summed E-state index contributed by atoms with van der Waals surface area (Å²) in [4.78, 5) is 4.14. The maximum atomic E-state index is 13.3. The van der Waals surface area contributed by atoms with Gasteiger partial charge in [0.25, 0.3) is 0 Å². The third-order valence-electron chi connectivity index (χ3n) is 1.87. The summed E-state index contributed by atoms with van der Waals surface area (Å²) in [6.45, 7) is 0. The van der Waals surface area contributed by atoms with E-state index in [9.17, 15) is 8.78 Å². The molecule has 0 atom stereocenters. The van der Waals surface area contributed by atoms with E-state index in [1.807, 2.05) is 0 Å². The molecule has 2 aromatic rings. The fourth-order valence-corrected chi connectivity index (χ4v) is 2.29. The first kappa shape index (κ1) is 10.6. The molecule has 0 saturated heterocycles. The summed E-state index contributed by atoms with van der Waals surface area (Å²) in [7, 11) is 0. The van der Waals surface area contributed by atoms with Crippen LogP contribution < -0.4 is 0 Å². The molecule has 1 nitrogen and oxygen atoms in total. The highest BCUT2D eigenvalue weighted by Gasteiger charge is 2.10. The van der Waals surface area contributed by atoms with Gasteiger partial charge in [-0.25, -0.2) is 13.8 Å². The molecule has 0 saturated carbocycles. The Hall–Kier alpha value is -0.940. The molecule has 2 rings (SSSR count). The summed E-state index contributed by atoms with van der Waals surface area (Å²) in [5, 5.41) is 2.27. The molecule has 78 valence electrons. The van der Waals surface area contributed by atoms with Gasteiger partial charge in [0.15, 0.2) is 0 Å². The van der Waals surface area contributed by atoms with E-state index in [1.165, 1.54) is 11.3 Å². The minimum Gasteiger partial charge on any atom is -0.240 e. The first-order valence-electron chi connectivity index (χ1n) is 4.21. The van der Waals surface area contributed by atoms with E-state index in [1.54, 1.807) is 5.38 Å². The number of thiazole rings is 1. The van der Waals surface area contributed by atoms with Gasteiger partial charge in [-0.1, -0.05) is 0 Å². The number of halogens is 2. The van der Waals surface area contributed by atoms with Crippen molar-refractivity contribution in [2.24, 2.45) is 0 Å². The molecule has 0 aliphatic carbocycles. The van der Waals surface area contributed by atoms with E-state index in [0.29, 0.717) is 10.8 Å². The Morgan fingerprint density at radius 1 is 1.33 bits per heavy atom. The molecule has 5 heteroatoms. The molecule has 15 heavy (non-hydrogen) atoms. The van der Waals surface area contributed by atoms with Crippen molar-refractivity contribution in [2.45, 2.75) is 5.75 Å². The van der Waals surface area contributed by atoms with Crippen LogP contribution >= 0.6 is 24.0 Å². The summed E-state index contributed by atoms with van der Waals surface area (Å²) in [5.41, 5.74) is 0.968. The first-order valence-corrected chi connectivity index (χ1v) is 5.72. The normalized spacial score (nSPS) is 10.6. The molecule has 0 unspecified atom stereocenters. The number of hydrogen-bond donors (Lipinski definition) is 1. The molecule has 1 heterocycles. The lowest BCUT2D eigenvalue weighted by Gasteiger charge is -1.98. The predicted octanol–water partition coefficient (Wildman–Crippen LogP) is 3.52. The van der Waals surface area contributed by atoms with Crippen LogP contribution in [0, 0.1) is 11.6 Å². The maximum absolute atomic E-state index is 13.3. The van der Waals surface area contributed by atoms with Gasteiger partial charge in [-0.05, 0) is 18.2 Å². The van der Waals surface area contributed by atoms with Crippen LogP contribution in [0.4, 0.5) is 8.78 Å². The minimum atomic E-state index is -0.464. The van der Waals surface area contributed by atoms with Gasteiger partial charge in [-0.3, -0.25) is 0 Å². The van der Waals surface area contributed by atoms with Crippen LogP contribution in [0.2, 0.25) is 0 Å². The summed E-state index contributed by atoms with van der Waals surface area (Å²) in [6, 6.07) is 3.34. The minimum absolute atomic E-state index is 0.202. The van der Waals surface area contributed by atoms with Gasteiger partial charge in [-0.15, -0.1) is 11.3 Å². The van der Waals surface area contributed by atoms with Crippen LogP contribution in [0.25, 0.3) is 10.6 Å². The summed E-state index contributed by atoms with van der Waals surface area (Å²) in [5.74, 6) is -0.432. The van der Waals surface area contributed by atoms with Crippen molar-refractivity contribution in [3.63, 3.8) is 0 Å². The number of thiol groups is 1. The molecule has 0 bridgehead atoms. The molecular formula is C10H7F2NS2. The van der Waals surface area contributed by atoms with E-state index < -0.39 is 11.6 Å². The molecule has 1 aromatic heterocycles. The first-order chi connectivity index (χ1) is 7.20. The Morgan fingerprint density at radius 3 is 2.80 bits per heavy atom. The third-order valence-corrected chi connectivity index (χ3v) is 3.12. The highest BCUT2D eigenvalue weighted by Crippen LogP contribution is 2.27. The number of hydrogen-bond acceptors (Lipinski definition) is 3. The fourth-order valence-electron chi connectivity index (χ4n) is 1.16. The lowest BCUT2D eigenvalue weighted by molar-refractivity contribution is 0.603. The van der Waals surface area contributed by atoms with Gasteiger partial charge >= 0.3 is 0 Å². The Morgan fingerprint density at radius 2 is 2.13 bits per heavy atom. The van der Waals surface area contributed by atoms with Crippen LogP contribution in [-0.2, 0) is 5.75 Å². The average molecular weight is 243 g/mol. The van der Waals surface area contributed by atoms with Crippen LogP contribution in [0.15, 0.2) is 23.6 Å². The molecule has 0 fully saturated rings. The molecule has 0 amide bonds. The molecule has 1 aromatic carbocycles. The van der Waals surface area contributed by atoms with E-state index in [2.05, 4.69) is 17.6 Å². The maximum Gasteiger partial charge on any atom is 0.133 e. The van der Waals surface area contributed by atoms with Crippen LogP contribution in [0.1, 0.15) is 5.69 Å². The van der Waals surface area contributed by atoms with Gasteiger partial charge in [0.05, 0.1) is 5.69 Å². The Kier molecular flexibility index (Phi) is 3.02. The number of aromatic nitrogens is 1. The highest BCUT2D eigenvalue weighted by molar-refractivity contribution is 7.79. The van der Waals surface area contributed by atoms with Crippen molar-refractivity contribution >= 4 is 24.0 Å². The van der Waals surface area contributed by atoms with Crippen molar-refractivity contribution in [1.82, 2.24) is 4.98 Å². The second kappa shape index (κ2) is 4.28. The Bertz CT molecular complexity index is 482. The lowest BCUT2D eigenvalue weighted by Crippen LogP contribution is -1.86. The molecule has 0 spiro atoms. The van der Waals surface area contributed by atoms with Crippen LogP contribution in [-0.4, -0.2) is 4.98 Å².